The van der Waals surface area contributed by atoms with Crippen LogP contribution in [0.1, 0.15) is 53.5 Å². The fourth-order valence-electron chi connectivity index (χ4n) is 4.99. The number of aromatic amines is 1. The first kappa shape index (κ1) is 27.0. The van der Waals surface area contributed by atoms with Crippen molar-refractivity contribution in [2.45, 2.75) is 52.8 Å². The molecule has 3 aromatic carbocycles. The van der Waals surface area contributed by atoms with E-state index in [1.165, 1.54) is 4.57 Å². The van der Waals surface area contributed by atoms with Crippen molar-refractivity contribution in [1.29, 1.82) is 0 Å². The van der Waals surface area contributed by atoms with Gasteiger partial charge in [-0.25, -0.2) is 14.2 Å². The number of nitrogens with zero attached hydrogens (tertiary/aromatic N) is 3. The Morgan fingerprint density at radius 1 is 0.975 bits per heavy atom. The van der Waals surface area contributed by atoms with Gasteiger partial charge in [-0.3, -0.25) is 18.9 Å². The van der Waals surface area contributed by atoms with E-state index in [0.717, 1.165) is 46.2 Å². The zero-order chi connectivity index (χ0) is 28.1. The number of benzene rings is 3. The summed E-state index contributed by atoms with van der Waals surface area (Å²) in [6, 6.07) is 23.3. The molecule has 0 radical (unpaired) electrons. The van der Waals surface area contributed by atoms with Gasteiger partial charge in [0.25, 0.3) is 5.56 Å². The fourth-order valence-corrected chi connectivity index (χ4v) is 4.99. The van der Waals surface area contributed by atoms with Gasteiger partial charge in [0, 0.05) is 17.5 Å². The van der Waals surface area contributed by atoms with Crippen molar-refractivity contribution < 1.29 is 8.91 Å². The molecule has 0 saturated heterocycles. The van der Waals surface area contributed by atoms with E-state index in [4.69, 9.17) is 4.52 Å². The van der Waals surface area contributed by atoms with Crippen LogP contribution >= 0.6 is 0 Å². The lowest BCUT2D eigenvalue weighted by Crippen LogP contribution is -2.31. The highest BCUT2D eigenvalue weighted by Gasteiger charge is 2.19. The second-order valence-corrected chi connectivity index (χ2v) is 9.87. The van der Waals surface area contributed by atoms with Gasteiger partial charge in [0.1, 0.15) is 12.5 Å². The predicted octanol–water partition coefficient (Wildman–Crippen LogP) is 6.01. The van der Waals surface area contributed by atoms with Crippen LogP contribution in [0.5, 0.6) is 0 Å². The lowest BCUT2D eigenvalue weighted by molar-refractivity contribution is 0.388. The zero-order valence-electron chi connectivity index (χ0n) is 22.6. The van der Waals surface area contributed by atoms with Gasteiger partial charge in [-0.15, -0.1) is 0 Å². The predicted molar refractivity (Wildman–Crippen MR) is 153 cm³/mol. The molecule has 0 saturated carbocycles. The van der Waals surface area contributed by atoms with Crippen molar-refractivity contribution in [1.82, 2.24) is 19.7 Å². The van der Waals surface area contributed by atoms with Gasteiger partial charge in [0.05, 0.1) is 12.2 Å². The zero-order valence-corrected chi connectivity index (χ0v) is 22.6. The third-order valence-electron chi connectivity index (χ3n) is 7.14. The van der Waals surface area contributed by atoms with Crippen LogP contribution in [0.15, 0.2) is 86.9 Å². The van der Waals surface area contributed by atoms with Crippen LogP contribution in [0.25, 0.3) is 22.5 Å². The highest BCUT2D eigenvalue weighted by atomic mass is 19.1. The maximum atomic E-state index is 14.1. The van der Waals surface area contributed by atoms with E-state index in [1.807, 2.05) is 73.7 Å². The molecule has 0 amide bonds. The van der Waals surface area contributed by atoms with Crippen molar-refractivity contribution in [3.8, 4) is 22.5 Å². The monoisotopic (exact) mass is 538 g/mol. The second kappa shape index (κ2) is 12.1. The van der Waals surface area contributed by atoms with Gasteiger partial charge < -0.3 is 0 Å². The Morgan fingerprint density at radius 2 is 1.73 bits per heavy atom. The molecule has 0 atom stereocenters. The molecule has 0 fully saturated rings. The number of rotatable bonds is 10. The van der Waals surface area contributed by atoms with Crippen molar-refractivity contribution in [2.24, 2.45) is 0 Å². The summed E-state index contributed by atoms with van der Waals surface area (Å²) in [5.74, 6) is -0.0836. The highest BCUT2D eigenvalue weighted by Crippen LogP contribution is 2.31. The average Bonchev–Trinajstić information content (AvgIpc) is 3.42. The molecule has 0 aliphatic heterocycles. The molecule has 0 spiro atoms. The smallest absolute Gasteiger partial charge is 0.296 e. The van der Waals surface area contributed by atoms with Crippen LogP contribution in [0.3, 0.4) is 0 Å². The van der Waals surface area contributed by atoms with Crippen molar-refractivity contribution in [3.05, 3.63) is 127 Å². The first-order valence-electron chi connectivity index (χ1n) is 13.4. The summed E-state index contributed by atoms with van der Waals surface area (Å²) in [6.07, 6.45) is 2.84. The van der Waals surface area contributed by atoms with Gasteiger partial charge in [-0.1, -0.05) is 91.3 Å². The Kier molecular flexibility index (Phi) is 8.15. The molecule has 2 heterocycles. The molecular formula is C32H31FN4O3. The van der Waals surface area contributed by atoms with Gasteiger partial charge in [0.2, 0.25) is 0 Å². The molecule has 204 valence electrons. The first-order valence-corrected chi connectivity index (χ1v) is 13.4. The SMILES string of the molecule is CCCCc1nc(CF)n(Cc2ccccc2)c(=O)c1Cc1ccc(-c2ccccc2-c2noc(=O)[nH]2)cc1C. The Hall–Kier alpha value is -4.59. The lowest BCUT2D eigenvalue weighted by Gasteiger charge is -2.17. The first-order chi connectivity index (χ1) is 19.5. The topological polar surface area (TPSA) is 93.8 Å². The van der Waals surface area contributed by atoms with Crippen LogP contribution in [-0.4, -0.2) is 19.7 Å². The van der Waals surface area contributed by atoms with Crippen LogP contribution in [-0.2, 0) is 26.1 Å². The van der Waals surface area contributed by atoms with E-state index >= 15 is 0 Å². The molecule has 7 nitrogen and oxygen atoms in total. The van der Waals surface area contributed by atoms with Crippen LogP contribution in [0, 0.1) is 6.92 Å². The molecule has 1 N–H and O–H groups in total. The van der Waals surface area contributed by atoms with Crippen molar-refractivity contribution >= 4 is 0 Å². The minimum atomic E-state index is -0.800. The van der Waals surface area contributed by atoms with Gasteiger partial charge in [-0.05, 0) is 47.6 Å². The molecule has 0 bridgehead atoms. The summed E-state index contributed by atoms with van der Waals surface area (Å²) in [6.45, 7) is 3.57. The number of unbranched alkanes of at least 4 members (excludes halogenated alkanes) is 1. The van der Waals surface area contributed by atoms with Gasteiger partial charge in [-0.2, -0.15) is 0 Å². The maximum Gasteiger partial charge on any atom is 0.439 e. The molecule has 0 unspecified atom stereocenters. The number of hydrogen-bond acceptors (Lipinski definition) is 5. The number of H-pyrrole nitrogens is 1. The summed E-state index contributed by atoms with van der Waals surface area (Å²) in [5.41, 5.74) is 6.59. The summed E-state index contributed by atoms with van der Waals surface area (Å²) < 4.78 is 20.3. The number of nitrogens with one attached hydrogen (secondary N) is 1. The van der Waals surface area contributed by atoms with Crippen molar-refractivity contribution in [3.63, 3.8) is 0 Å². The Bertz CT molecular complexity index is 1740. The Balaban J connectivity index is 1.54. The number of aryl methyl sites for hydroxylation is 2. The number of alkyl halides is 1. The lowest BCUT2D eigenvalue weighted by atomic mass is 9.93. The molecule has 8 heteroatoms. The van der Waals surface area contributed by atoms with E-state index in [-0.39, 0.29) is 17.9 Å². The molecule has 5 aromatic rings. The number of hydrogen-bond donors (Lipinski definition) is 1. The van der Waals surface area contributed by atoms with Crippen LogP contribution in [0.2, 0.25) is 0 Å². The van der Waals surface area contributed by atoms with E-state index < -0.39 is 12.4 Å². The summed E-state index contributed by atoms with van der Waals surface area (Å²) in [5, 5.41) is 3.85. The Morgan fingerprint density at radius 3 is 2.40 bits per heavy atom. The normalized spacial score (nSPS) is 11.2. The second-order valence-electron chi connectivity index (χ2n) is 9.87. The highest BCUT2D eigenvalue weighted by molar-refractivity contribution is 5.80. The minimum Gasteiger partial charge on any atom is -0.296 e. The molecule has 0 aliphatic carbocycles. The largest absolute Gasteiger partial charge is 0.439 e. The Labute approximate surface area is 231 Å². The summed E-state index contributed by atoms with van der Waals surface area (Å²) in [4.78, 5) is 32.7. The third-order valence-corrected chi connectivity index (χ3v) is 7.14. The molecule has 40 heavy (non-hydrogen) atoms. The van der Waals surface area contributed by atoms with Gasteiger partial charge >= 0.3 is 5.76 Å². The molecule has 2 aromatic heterocycles. The summed E-state index contributed by atoms with van der Waals surface area (Å²) in [7, 11) is 0. The molecule has 5 rings (SSSR count). The van der Waals surface area contributed by atoms with Gasteiger partial charge in [0.15, 0.2) is 5.82 Å². The average molecular weight is 539 g/mol. The van der Waals surface area contributed by atoms with E-state index in [2.05, 4.69) is 28.1 Å². The van der Waals surface area contributed by atoms with Crippen LogP contribution < -0.4 is 11.3 Å². The standard InChI is InChI=1S/C32H31FN4O3/c1-3-4-14-28-27(31(38)37(29(19-33)34-28)20-22-10-6-5-7-11-22)18-23-15-16-24(17-21(23)2)25-12-8-9-13-26(25)30-35-32(39)40-36-30/h5-13,15-17H,3-4,14,18-20H2,1-2H3,(H,35,36,39). The van der Waals surface area contributed by atoms with Crippen molar-refractivity contribution in [2.75, 3.05) is 0 Å². The number of aromatic nitrogens is 4. The maximum absolute atomic E-state index is 14.1. The summed E-state index contributed by atoms with van der Waals surface area (Å²) >= 11 is 0. The van der Waals surface area contributed by atoms with E-state index in [1.54, 1.807) is 0 Å². The van der Waals surface area contributed by atoms with E-state index in [0.29, 0.717) is 29.9 Å². The third kappa shape index (κ3) is 5.71. The van der Waals surface area contributed by atoms with E-state index in [9.17, 15) is 14.0 Å². The fraction of sp³-hybridized carbons (Fsp3) is 0.250. The quantitative estimate of drug-likeness (QED) is 0.235. The number of halogens is 1. The molecule has 0 aliphatic rings. The minimum absolute atomic E-state index is 0.165. The van der Waals surface area contributed by atoms with Crippen LogP contribution in [0.4, 0.5) is 4.39 Å². The molecular weight excluding hydrogens is 507 g/mol.